The topological polar surface area (TPSA) is 24.1 Å². The van der Waals surface area contributed by atoms with Crippen LogP contribution in [0.15, 0.2) is 0 Å². The molecule has 2 heteroatoms. The molecule has 1 unspecified atom stereocenters. The summed E-state index contributed by atoms with van der Waals surface area (Å²) in [5.74, 6) is 1.77. The Balaban J connectivity index is 1.74. The van der Waals surface area contributed by atoms with E-state index in [1.54, 1.807) is 0 Å². The highest BCUT2D eigenvalue weighted by atomic mass is 14.9. The Morgan fingerprint density at radius 3 is 2.69 bits per heavy atom. The lowest BCUT2D eigenvalue weighted by atomic mass is 10.0. The van der Waals surface area contributed by atoms with Gasteiger partial charge in [-0.3, -0.25) is 0 Å². The van der Waals surface area contributed by atoms with Crippen molar-refractivity contribution in [1.29, 1.82) is 0 Å². The van der Waals surface area contributed by atoms with Crippen LogP contribution in [0.25, 0.3) is 0 Å². The van der Waals surface area contributed by atoms with Gasteiger partial charge in [0.1, 0.15) is 0 Å². The van der Waals surface area contributed by atoms with E-state index in [2.05, 4.69) is 24.5 Å². The highest BCUT2D eigenvalue weighted by Gasteiger charge is 2.12. The van der Waals surface area contributed by atoms with E-state index in [-0.39, 0.29) is 0 Å². The van der Waals surface area contributed by atoms with E-state index in [0.29, 0.717) is 0 Å². The normalized spacial score (nSPS) is 20.8. The zero-order valence-corrected chi connectivity index (χ0v) is 11.2. The predicted octanol–water partition coefficient (Wildman–Crippen LogP) is 2.79. The minimum absolute atomic E-state index is 0.882. The Bertz CT molecular complexity index is 151. The summed E-state index contributed by atoms with van der Waals surface area (Å²) >= 11 is 0. The standard InChI is InChI=1S/C14H30N2/c1-13(2)7-5-3-4-6-9-15-11-14-8-10-16-12-14/h13-16H,3-12H2,1-2H3. The lowest BCUT2D eigenvalue weighted by Crippen LogP contribution is -2.25. The third-order valence-electron chi connectivity index (χ3n) is 3.48. The molecule has 1 aliphatic rings. The number of hydrogen-bond acceptors (Lipinski definition) is 2. The Hall–Kier alpha value is -0.0800. The molecule has 1 fully saturated rings. The Labute approximate surface area is 102 Å². The summed E-state index contributed by atoms with van der Waals surface area (Å²) in [7, 11) is 0. The van der Waals surface area contributed by atoms with Gasteiger partial charge < -0.3 is 10.6 Å². The smallest absolute Gasteiger partial charge is 0.000790 e. The first-order valence-corrected chi connectivity index (χ1v) is 7.20. The van der Waals surface area contributed by atoms with E-state index in [0.717, 1.165) is 11.8 Å². The van der Waals surface area contributed by atoms with Crippen LogP contribution in [-0.2, 0) is 0 Å². The molecule has 1 heterocycles. The summed E-state index contributed by atoms with van der Waals surface area (Å²) in [5.41, 5.74) is 0. The van der Waals surface area contributed by atoms with E-state index in [1.165, 1.54) is 64.7 Å². The van der Waals surface area contributed by atoms with Gasteiger partial charge in [0.15, 0.2) is 0 Å². The van der Waals surface area contributed by atoms with Crippen LogP contribution in [0.3, 0.4) is 0 Å². The first kappa shape index (κ1) is 14.0. The molecule has 2 nitrogen and oxygen atoms in total. The van der Waals surface area contributed by atoms with E-state index in [1.807, 2.05) is 0 Å². The summed E-state index contributed by atoms with van der Waals surface area (Å²) in [4.78, 5) is 0. The van der Waals surface area contributed by atoms with Crippen LogP contribution >= 0.6 is 0 Å². The molecule has 0 aromatic rings. The highest BCUT2D eigenvalue weighted by molar-refractivity contribution is 4.72. The minimum atomic E-state index is 0.882. The van der Waals surface area contributed by atoms with Crippen molar-refractivity contribution < 1.29 is 0 Å². The fourth-order valence-corrected chi connectivity index (χ4v) is 2.35. The van der Waals surface area contributed by atoms with Crippen LogP contribution < -0.4 is 10.6 Å². The van der Waals surface area contributed by atoms with Crippen LogP contribution in [-0.4, -0.2) is 26.2 Å². The third kappa shape index (κ3) is 7.24. The van der Waals surface area contributed by atoms with Crippen molar-refractivity contribution in [2.24, 2.45) is 11.8 Å². The molecule has 0 spiro atoms. The second-order valence-corrected chi connectivity index (χ2v) is 5.66. The molecular weight excluding hydrogens is 196 g/mol. The molecule has 1 rings (SSSR count). The number of nitrogens with one attached hydrogen (secondary N) is 2. The fourth-order valence-electron chi connectivity index (χ4n) is 2.35. The van der Waals surface area contributed by atoms with Crippen LogP contribution in [0.2, 0.25) is 0 Å². The second kappa shape index (κ2) is 9.00. The van der Waals surface area contributed by atoms with Gasteiger partial charge in [0.2, 0.25) is 0 Å². The molecule has 0 aliphatic carbocycles. The lowest BCUT2D eigenvalue weighted by Gasteiger charge is -2.09. The lowest BCUT2D eigenvalue weighted by molar-refractivity contribution is 0.485. The van der Waals surface area contributed by atoms with Gasteiger partial charge in [0.25, 0.3) is 0 Å². The highest BCUT2D eigenvalue weighted by Crippen LogP contribution is 2.09. The van der Waals surface area contributed by atoms with Crippen molar-refractivity contribution in [3.63, 3.8) is 0 Å². The summed E-state index contributed by atoms with van der Waals surface area (Å²) in [5, 5.41) is 7.00. The molecule has 0 saturated carbocycles. The predicted molar refractivity (Wildman–Crippen MR) is 71.8 cm³/mol. The second-order valence-electron chi connectivity index (χ2n) is 5.66. The molecule has 96 valence electrons. The number of hydrogen-bond donors (Lipinski definition) is 2. The first-order valence-electron chi connectivity index (χ1n) is 7.20. The SMILES string of the molecule is CC(C)CCCCCCNCC1CCNC1. The fraction of sp³-hybridized carbons (Fsp3) is 1.00. The summed E-state index contributed by atoms with van der Waals surface area (Å²) < 4.78 is 0. The maximum absolute atomic E-state index is 3.59. The molecule has 0 amide bonds. The van der Waals surface area contributed by atoms with Gasteiger partial charge in [-0.15, -0.1) is 0 Å². The zero-order valence-electron chi connectivity index (χ0n) is 11.2. The third-order valence-corrected chi connectivity index (χ3v) is 3.48. The van der Waals surface area contributed by atoms with Crippen molar-refractivity contribution in [2.75, 3.05) is 26.2 Å². The monoisotopic (exact) mass is 226 g/mol. The van der Waals surface area contributed by atoms with Crippen LogP contribution in [0.1, 0.15) is 52.4 Å². The largest absolute Gasteiger partial charge is 0.316 e. The van der Waals surface area contributed by atoms with Gasteiger partial charge >= 0.3 is 0 Å². The maximum Gasteiger partial charge on any atom is -0.000790 e. The molecule has 2 N–H and O–H groups in total. The Morgan fingerprint density at radius 2 is 2.00 bits per heavy atom. The minimum Gasteiger partial charge on any atom is -0.316 e. The van der Waals surface area contributed by atoms with Crippen molar-refractivity contribution in [2.45, 2.75) is 52.4 Å². The number of rotatable bonds is 9. The van der Waals surface area contributed by atoms with E-state index < -0.39 is 0 Å². The molecule has 0 radical (unpaired) electrons. The molecule has 1 aliphatic heterocycles. The quantitative estimate of drug-likeness (QED) is 0.591. The van der Waals surface area contributed by atoms with Crippen molar-refractivity contribution in [3.05, 3.63) is 0 Å². The summed E-state index contributed by atoms with van der Waals surface area (Å²) in [6, 6.07) is 0. The molecule has 16 heavy (non-hydrogen) atoms. The average Bonchev–Trinajstić information content (AvgIpc) is 2.74. The molecule has 0 aromatic heterocycles. The molecule has 1 saturated heterocycles. The maximum atomic E-state index is 3.59. The van der Waals surface area contributed by atoms with E-state index in [4.69, 9.17) is 0 Å². The molecule has 1 atom stereocenters. The van der Waals surface area contributed by atoms with E-state index in [9.17, 15) is 0 Å². The van der Waals surface area contributed by atoms with Crippen LogP contribution in [0.5, 0.6) is 0 Å². The Morgan fingerprint density at radius 1 is 1.19 bits per heavy atom. The molecular formula is C14H30N2. The van der Waals surface area contributed by atoms with Gasteiger partial charge in [-0.05, 0) is 50.9 Å². The van der Waals surface area contributed by atoms with Gasteiger partial charge in [-0.1, -0.05) is 39.5 Å². The van der Waals surface area contributed by atoms with Crippen molar-refractivity contribution >= 4 is 0 Å². The zero-order chi connectivity index (χ0) is 11.6. The van der Waals surface area contributed by atoms with E-state index >= 15 is 0 Å². The van der Waals surface area contributed by atoms with Crippen molar-refractivity contribution in [1.82, 2.24) is 10.6 Å². The van der Waals surface area contributed by atoms with Crippen molar-refractivity contribution in [3.8, 4) is 0 Å². The Kier molecular flexibility index (Phi) is 7.87. The van der Waals surface area contributed by atoms with Gasteiger partial charge in [0.05, 0.1) is 0 Å². The van der Waals surface area contributed by atoms with Crippen LogP contribution in [0.4, 0.5) is 0 Å². The first-order chi connectivity index (χ1) is 7.79. The van der Waals surface area contributed by atoms with Gasteiger partial charge in [-0.25, -0.2) is 0 Å². The summed E-state index contributed by atoms with van der Waals surface area (Å²) in [6.45, 7) is 9.52. The number of unbranched alkanes of at least 4 members (excludes halogenated alkanes) is 3. The molecule has 0 aromatic carbocycles. The molecule has 0 bridgehead atoms. The van der Waals surface area contributed by atoms with Gasteiger partial charge in [0, 0.05) is 0 Å². The van der Waals surface area contributed by atoms with Gasteiger partial charge in [-0.2, -0.15) is 0 Å². The average molecular weight is 226 g/mol. The summed E-state index contributed by atoms with van der Waals surface area (Å²) in [6.07, 6.45) is 8.37. The van der Waals surface area contributed by atoms with Crippen LogP contribution in [0, 0.1) is 11.8 Å².